The molecule has 1 aromatic heterocycles. The summed E-state index contributed by atoms with van der Waals surface area (Å²) < 4.78 is 1.84. The number of carbonyl (C=O) groups excluding carboxylic acids is 1. The second kappa shape index (κ2) is 5.52. The van der Waals surface area contributed by atoms with Gasteiger partial charge in [-0.1, -0.05) is 42.5 Å². The van der Waals surface area contributed by atoms with Crippen LogP contribution in [0.5, 0.6) is 0 Å². The first-order valence-corrected chi connectivity index (χ1v) is 7.12. The van der Waals surface area contributed by atoms with Crippen molar-refractivity contribution in [1.82, 2.24) is 9.78 Å². The van der Waals surface area contributed by atoms with Gasteiger partial charge in [0.2, 0.25) is 0 Å². The van der Waals surface area contributed by atoms with Gasteiger partial charge in [-0.3, -0.25) is 9.48 Å². The van der Waals surface area contributed by atoms with Gasteiger partial charge in [0, 0.05) is 18.9 Å². The van der Waals surface area contributed by atoms with Gasteiger partial charge in [-0.2, -0.15) is 5.10 Å². The molecule has 1 heterocycles. The van der Waals surface area contributed by atoms with Gasteiger partial charge in [-0.15, -0.1) is 0 Å². The zero-order valence-corrected chi connectivity index (χ0v) is 12.3. The number of ketones is 1. The molecule has 3 rings (SSSR count). The summed E-state index contributed by atoms with van der Waals surface area (Å²) in [7, 11) is 1.91. The number of hydrogen-bond acceptors (Lipinski definition) is 2. The number of aryl methyl sites for hydroxylation is 2. The van der Waals surface area contributed by atoms with Crippen LogP contribution in [-0.4, -0.2) is 15.6 Å². The van der Waals surface area contributed by atoms with Crippen LogP contribution in [0.15, 0.2) is 48.5 Å². The zero-order chi connectivity index (χ0) is 14.8. The van der Waals surface area contributed by atoms with Crippen LogP contribution < -0.4 is 0 Å². The number of carbonyl (C=O) groups is 1. The van der Waals surface area contributed by atoms with Crippen molar-refractivity contribution in [2.75, 3.05) is 0 Å². The Kier molecular flexibility index (Phi) is 3.57. The summed E-state index contributed by atoms with van der Waals surface area (Å²) in [5, 5.41) is 5.56. The van der Waals surface area contributed by atoms with E-state index in [1.54, 1.807) is 0 Å². The van der Waals surface area contributed by atoms with Gasteiger partial charge in [0.15, 0.2) is 0 Å². The Morgan fingerprint density at radius 1 is 1.05 bits per heavy atom. The van der Waals surface area contributed by atoms with Crippen molar-refractivity contribution in [3.63, 3.8) is 0 Å². The van der Waals surface area contributed by atoms with Crippen LogP contribution >= 0.6 is 0 Å². The Morgan fingerprint density at radius 3 is 2.57 bits per heavy atom. The monoisotopic (exact) mass is 278 g/mol. The number of hydrogen-bond donors (Lipinski definition) is 0. The summed E-state index contributed by atoms with van der Waals surface area (Å²) in [6.07, 6.45) is 0.854. The lowest BCUT2D eigenvalue weighted by Crippen LogP contribution is -2.08. The molecule has 106 valence electrons. The average molecular weight is 278 g/mol. The van der Waals surface area contributed by atoms with Crippen molar-refractivity contribution in [2.24, 2.45) is 7.05 Å². The molecular weight excluding hydrogens is 260 g/mol. The lowest BCUT2D eigenvalue weighted by atomic mass is 10.0. The molecule has 3 heteroatoms. The first kappa shape index (κ1) is 13.6. The molecule has 0 aliphatic rings. The molecule has 0 aliphatic carbocycles. The van der Waals surface area contributed by atoms with Gasteiger partial charge in [-0.05, 0) is 24.1 Å². The highest BCUT2D eigenvalue weighted by molar-refractivity contribution is 5.89. The van der Waals surface area contributed by atoms with Crippen molar-refractivity contribution in [1.29, 1.82) is 0 Å². The summed E-state index contributed by atoms with van der Waals surface area (Å²) in [5.41, 5.74) is 4.20. The molecule has 3 aromatic rings. The summed E-state index contributed by atoms with van der Waals surface area (Å²) in [4.78, 5) is 12.3. The van der Waals surface area contributed by atoms with Crippen LogP contribution in [0.1, 0.15) is 16.8 Å². The maximum Gasteiger partial charge on any atom is 0.143 e. The fourth-order valence-corrected chi connectivity index (χ4v) is 2.69. The molecule has 21 heavy (non-hydrogen) atoms. The SMILES string of the molecule is Cc1ccccc1CC(=O)Cc1nn(C)c2ccccc12. The maximum atomic E-state index is 12.3. The van der Waals surface area contributed by atoms with Crippen molar-refractivity contribution in [3.8, 4) is 0 Å². The number of rotatable bonds is 4. The van der Waals surface area contributed by atoms with Crippen molar-refractivity contribution >= 4 is 16.7 Å². The topological polar surface area (TPSA) is 34.9 Å². The molecule has 0 aliphatic heterocycles. The quantitative estimate of drug-likeness (QED) is 0.734. The van der Waals surface area contributed by atoms with Crippen molar-refractivity contribution in [2.45, 2.75) is 19.8 Å². The highest BCUT2D eigenvalue weighted by atomic mass is 16.1. The third-order valence-electron chi connectivity index (χ3n) is 3.85. The maximum absolute atomic E-state index is 12.3. The first-order chi connectivity index (χ1) is 10.1. The second-order valence-corrected chi connectivity index (χ2v) is 5.41. The molecule has 0 spiro atoms. The predicted molar refractivity (Wildman–Crippen MR) is 84.3 cm³/mol. The molecule has 0 radical (unpaired) electrons. The third-order valence-corrected chi connectivity index (χ3v) is 3.85. The van der Waals surface area contributed by atoms with Gasteiger partial charge in [0.1, 0.15) is 5.78 Å². The molecule has 0 unspecified atom stereocenters. The minimum atomic E-state index is 0.202. The number of para-hydroxylation sites is 1. The van der Waals surface area contributed by atoms with Crippen LogP contribution in [0.4, 0.5) is 0 Å². The molecular formula is C18H18N2O. The summed E-state index contributed by atoms with van der Waals surface area (Å²) in [5.74, 6) is 0.202. The van der Waals surface area contributed by atoms with Crippen LogP contribution in [0.25, 0.3) is 10.9 Å². The number of Topliss-reactive ketones (excluding diaryl/α,β-unsaturated/α-hetero) is 1. The number of benzene rings is 2. The van der Waals surface area contributed by atoms with E-state index in [0.717, 1.165) is 27.7 Å². The first-order valence-electron chi connectivity index (χ1n) is 7.12. The van der Waals surface area contributed by atoms with E-state index in [1.807, 2.05) is 67.2 Å². The van der Waals surface area contributed by atoms with Gasteiger partial charge in [0.25, 0.3) is 0 Å². The number of fused-ring (bicyclic) bond motifs is 1. The van der Waals surface area contributed by atoms with Crippen molar-refractivity contribution in [3.05, 3.63) is 65.4 Å². The number of aromatic nitrogens is 2. The second-order valence-electron chi connectivity index (χ2n) is 5.41. The molecule has 0 N–H and O–H groups in total. The lowest BCUT2D eigenvalue weighted by Gasteiger charge is -2.04. The molecule has 0 amide bonds. The molecule has 3 nitrogen and oxygen atoms in total. The van der Waals surface area contributed by atoms with E-state index in [2.05, 4.69) is 5.10 Å². The van der Waals surface area contributed by atoms with Gasteiger partial charge in [0.05, 0.1) is 17.6 Å². The van der Waals surface area contributed by atoms with Crippen LogP contribution in [0, 0.1) is 6.92 Å². The Morgan fingerprint density at radius 2 is 1.76 bits per heavy atom. The van der Waals surface area contributed by atoms with Gasteiger partial charge >= 0.3 is 0 Å². The predicted octanol–water partition coefficient (Wildman–Crippen LogP) is 3.24. The highest BCUT2D eigenvalue weighted by Gasteiger charge is 2.13. The standard InChI is InChI=1S/C18H18N2O/c1-13-7-3-4-8-14(13)11-15(21)12-17-16-9-5-6-10-18(16)20(2)19-17/h3-10H,11-12H2,1-2H3. The summed E-state index contributed by atoms with van der Waals surface area (Å²) in [6.45, 7) is 2.04. The lowest BCUT2D eigenvalue weighted by molar-refractivity contribution is -0.117. The Balaban J connectivity index is 1.82. The van der Waals surface area contributed by atoms with E-state index in [0.29, 0.717) is 12.8 Å². The smallest absolute Gasteiger partial charge is 0.143 e. The zero-order valence-electron chi connectivity index (χ0n) is 12.3. The Labute approximate surface area is 124 Å². The minimum absolute atomic E-state index is 0.202. The summed E-state index contributed by atoms with van der Waals surface area (Å²) >= 11 is 0. The van der Waals surface area contributed by atoms with Crippen molar-refractivity contribution < 1.29 is 4.79 Å². The Hall–Kier alpha value is -2.42. The molecule has 0 atom stereocenters. The third kappa shape index (κ3) is 2.72. The largest absolute Gasteiger partial charge is 0.299 e. The minimum Gasteiger partial charge on any atom is -0.299 e. The average Bonchev–Trinajstić information content (AvgIpc) is 2.79. The molecule has 0 bridgehead atoms. The normalized spacial score (nSPS) is 11.0. The van der Waals surface area contributed by atoms with E-state index >= 15 is 0 Å². The molecule has 0 fully saturated rings. The fourth-order valence-electron chi connectivity index (χ4n) is 2.69. The van der Waals surface area contributed by atoms with Gasteiger partial charge < -0.3 is 0 Å². The van der Waals surface area contributed by atoms with Gasteiger partial charge in [-0.25, -0.2) is 0 Å². The van der Waals surface area contributed by atoms with Crippen LogP contribution in [-0.2, 0) is 24.7 Å². The molecule has 0 saturated carbocycles. The van der Waals surface area contributed by atoms with E-state index in [-0.39, 0.29) is 5.78 Å². The molecule has 0 saturated heterocycles. The highest BCUT2D eigenvalue weighted by Crippen LogP contribution is 2.19. The van der Waals surface area contributed by atoms with E-state index in [1.165, 1.54) is 0 Å². The van der Waals surface area contributed by atoms with E-state index < -0.39 is 0 Å². The number of nitrogens with zero attached hydrogens (tertiary/aromatic N) is 2. The molecule has 2 aromatic carbocycles. The summed E-state index contributed by atoms with van der Waals surface area (Å²) in [6, 6.07) is 16.1. The fraction of sp³-hybridized carbons (Fsp3) is 0.222. The van der Waals surface area contributed by atoms with Crippen LogP contribution in [0.3, 0.4) is 0 Å². The Bertz CT molecular complexity index is 802. The van der Waals surface area contributed by atoms with E-state index in [4.69, 9.17) is 0 Å². The van der Waals surface area contributed by atoms with E-state index in [9.17, 15) is 4.79 Å². The van der Waals surface area contributed by atoms with Crippen LogP contribution in [0.2, 0.25) is 0 Å².